The quantitative estimate of drug-likeness (QED) is 0.837. The molecule has 2 rings (SSSR count). The maximum atomic E-state index is 13.9. The molecule has 112 valence electrons. The van der Waals surface area contributed by atoms with Crippen LogP contribution in [0.5, 0.6) is 0 Å². The van der Waals surface area contributed by atoms with Gasteiger partial charge in [-0.15, -0.1) is 11.6 Å². The SMILES string of the molecule is Cc1cc(C)cc(CC(O)(CCl)c2ccc(F)cc2F)c1. The first-order chi connectivity index (χ1) is 9.84. The monoisotopic (exact) mass is 310 g/mol. The highest BCUT2D eigenvalue weighted by Gasteiger charge is 2.32. The molecule has 2 aromatic carbocycles. The average molecular weight is 311 g/mol. The fourth-order valence-corrected chi connectivity index (χ4v) is 2.83. The molecule has 1 unspecified atom stereocenters. The highest BCUT2D eigenvalue weighted by molar-refractivity contribution is 6.18. The van der Waals surface area contributed by atoms with Crippen LogP contribution in [0.1, 0.15) is 22.3 Å². The van der Waals surface area contributed by atoms with E-state index in [1.165, 1.54) is 6.07 Å². The topological polar surface area (TPSA) is 20.2 Å². The molecule has 0 radical (unpaired) electrons. The van der Waals surface area contributed by atoms with Gasteiger partial charge in [-0.3, -0.25) is 0 Å². The second-order valence-electron chi connectivity index (χ2n) is 5.46. The second kappa shape index (κ2) is 6.12. The standard InChI is InChI=1S/C17H17ClF2O/c1-11-5-12(2)7-13(6-11)9-17(21,10-18)15-4-3-14(19)8-16(15)20/h3-8,21H,9-10H2,1-2H3. The van der Waals surface area contributed by atoms with Crippen LogP contribution in [0.2, 0.25) is 0 Å². The highest BCUT2D eigenvalue weighted by atomic mass is 35.5. The number of halogens is 3. The molecule has 4 heteroatoms. The number of hydrogen-bond acceptors (Lipinski definition) is 1. The third-order valence-corrected chi connectivity index (χ3v) is 3.87. The van der Waals surface area contributed by atoms with Gasteiger partial charge >= 0.3 is 0 Å². The summed E-state index contributed by atoms with van der Waals surface area (Å²) in [5, 5.41) is 10.7. The average Bonchev–Trinajstić information content (AvgIpc) is 2.37. The lowest BCUT2D eigenvalue weighted by atomic mass is 9.87. The number of rotatable bonds is 4. The van der Waals surface area contributed by atoms with Crippen molar-refractivity contribution in [2.75, 3.05) is 5.88 Å². The Labute approximate surface area is 128 Å². The van der Waals surface area contributed by atoms with E-state index in [2.05, 4.69) is 0 Å². The first-order valence-electron chi connectivity index (χ1n) is 6.65. The highest BCUT2D eigenvalue weighted by Crippen LogP contribution is 2.30. The Morgan fingerprint density at radius 3 is 2.19 bits per heavy atom. The van der Waals surface area contributed by atoms with E-state index in [0.29, 0.717) is 0 Å². The number of aliphatic hydroxyl groups is 1. The van der Waals surface area contributed by atoms with Crippen LogP contribution < -0.4 is 0 Å². The van der Waals surface area contributed by atoms with Gasteiger partial charge in [0.1, 0.15) is 17.2 Å². The van der Waals surface area contributed by atoms with Crippen LogP contribution in [0, 0.1) is 25.5 Å². The molecule has 1 N–H and O–H groups in total. The van der Waals surface area contributed by atoms with Gasteiger partial charge in [0.05, 0.1) is 5.88 Å². The third kappa shape index (κ3) is 3.60. The summed E-state index contributed by atoms with van der Waals surface area (Å²) in [7, 11) is 0. The number of aryl methyl sites for hydroxylation is 2. The van der Waals surface area contributed by atoms with Crippen LogP contribution in [-0.2, 0) is 12.0 Å². The van der Waals surface area contributed by atoms with Crippen molar-refractivity contribution in [1.82, 2.24) is 0 Å². The first kappa shape index (κ1) is 15.9. The van der Waals surface area contributed by atoms with Crippen molar-refractivity contribution in [1.29, 1.82) is 0 Å². The summed E-state index contributed by atoms with van der Waals surface area (Å²) < 4.78 is 27.0. The van der Waals surface area contributed by atoms with Crippen molar-refractivity contribution in [2.24, 2.45) is 0 Å². The zero-order valence-corrected chi connectivity index (χ0v) is 12.7. The molecular formula is C17H17ClF2O. The summed E-state index contributed by atoms with van der Waals surface area (Å²) in [6, 6.07) is 8.99. The van der Waals surface area contributed by atoms with Crippen molar-refractivity contribution in [3.8, 4) is 0 Å². The number of alkyl halides is 1. The summed E-state index contributed by atoms with van der Waals surface area (Å²) >= 11 is 5.87. The molecule has 0 aliphatic rings. The van der Waals surface area contributed by atoms with Crippen molar-refractivity contribution in [3.63, 3.8) is 0 Å². The molecule has 21 heavy (non-hydrogen) atoms. The fraction of sp³-hybridized carbons (Fsp3) is 0.294. The van der Waals surface area contributed by atoms with E-state index in [1.807, 2.05) is 32.0 Å². The van der Waals surface area contributed by atoms with Gasteiger partial charge in [0.2, 0.25) is 0 Å². The van der Waals surface area contributed by atoms with Gasteiger partial charge in [0.25, 0.3) is 0 Å². The van der Waals surface area contributed by atoms with Crippen LogP contribution in [0.25, 0.3) is 0 Å². The Bertz CT molecular complexity index is 637. The fourth-order valence-electron chi connectivity index (χ4n) is 2.59. The normalized spacial score (nSPS) is 14.0. The molecule has 0 aromatic heterocycles. The Morgan fingerprint density at radius 1 is 1.05 bits per heavy atom. The van der Waals surface area contributed by atoms with Crippen LogP contribution in [0.4, 0.5) is 8.78 Å². The van der Waals surface area contributed by atoms with Crippen molar-refractivity contribution < 1.29 is 13.9 Å². The van der Waals surface area contributed by atoms with Gasteiger partial charge in [-0.1, -0.05) is 35.4 Å². The predicted octanol–water partition coefficient (Wildman–Crippen LogP) is 4.25. The molecule has 0 spiro atoms. The van der Waals surface area contributed by atoms with Crippen LogP contribution in [0.15, 0.2) is 36.4 Å². The molecule has 0 aliphatic carbocycles. The lowest BCUT2D eigenvalue weighted by molar-refractivity contribution is 0.0574. The minimum Gasteiger partial charge on any atom is -0.383 e. The van der Waals surface area contributed by atoms with Crippen LogP contribution in [0.3, 0.4) is 0 Å². The van der Waals surface area contributed by atoms with E-state index in [-0.39, 0.29) is 17.9 Å². The molecular weight excluding hydrogens is 294 g/mol. The van der Waals surface area contributed by atoms with Crippen molar-refractivity contribution in [2.45, 2.75) is 25.9 Å². The minimum absolute atomic E-state index is 0.0121. The summed E-state index contributed by atoms with van der Waals surface area (Å²) in [5.41, 5.74) is 1.42. The van der Waals surface area contributed by atoms with Crippen molar-refractivity contribution >= 4 is 11.6 Å². The molecule has 1 atom stereocenters. The Balaban J connectivity index is 2.41. The van der Waals surface area contributed by atoms with E-state index in [9.17, 15) is 13.9 Å². The predicted molar refractivity (Wildman–Crippen MR) is 80.6 cm³/mol. The summed E-state index contributed by atoms with van der Waals surface area (Å²) in [4.78, 5) is 0. The summed E-state index contributed by atoms with van der Waals surface area (Å²) in [6.07, 6.45) is 0.168. The molecule has 0 amide bonds. The Morgan fingerprint density at radius 2 is 1.67 bits per heavy atom. The maximum absolute atomic E-state index is 13.9. The van der Waals surface area contributed by atoms with Gasteiger partial charge in [-0.05, 0) is 25.5 Å². The molecule has 0 fully saturated rings. The zero-order chi connectivity index (χ0) is 15.6. The molecule has 0 bridgehead atoms. The van der Waals surface area contributed by atoms with Crippen LogP contribution in [-0.4, -0.2) is 11.0 Å². The number of hydrogen-bond donors (Lipinski definition) is 1. The summed E-state index contributed by atoms with van der Waals surface area (Å²) in [5.74, 6) is -1.65. The van der Waals surface area contributed by atoms with Crippen LogP contribution >= 0.6 is 11.6 Å². The lowest BCUT2D eigenvalue weighted by Gasteiger charge is -2.27. The molecule has 2 aromatic rings. The maximum Gasteiger partial charge on any atom is 0.132 e. The van der Waals surface area contributed by atoms with E-state index in [1.54, 1.807) is 0 Å². The largest absolute Gasteiger partial charge is 0.383 e. The zero-order valence-electron chi connectivity index (χ0n) is 12.0. The molecule has 0 saturated carbocycles. The Hall–Kier alpha value is -1.45. The minimum atomic E-state index is -1.57. The number of benzene rings is 2. The van der Waals surface area contributed by atoms with E-state index in [0.717, 1.165) is 28.8 Å². The third-order valence-electron chi connectivity index (χ3n) is 3.43. The molecule has 0 aliphatic heterocycles. The van der Waals surface area contributed by atoms with E-state index in [4.69, 9.17) is 11.6 Å². The molecule has 0 heterocycles. The Kier molecular flexibility index (Phi) is 4.64. The molecule has 1 nitrogen and oxygen atoms in total. The van der Waals surface area contributed by atoms with Gasteiger partial charge in [0, 0.05) is 18.1 Å². The van der Waals surface area contributed by atoms with Crippen molar-refractivity contribution in [3.05, 3.63) is 70.3 Å². The lowest BCUT2D eigenvalue weighted by Crippen LogP contribution is -2.32. The van der Waals surface area contributed by atoms with E-state index >= 15 is 0 Å². The van der Waals surface area contributed by atoms with Gasteiger partial charge in [0.15, 0.2) is 0 Å². The van der Waals surface area contributed by atoms with Gasteiger partial charge in [-0.25, -0.2) is 8.78 Å². The second-order valence-corrected chi connectivity index (χ2v) is 5.73. The van der Waals surface area contributed by atoms with Gasteiger partial charge in [-0.2, -0.15) is 0 Å². The molecule has 0 saturated heterocycles. The smallest absolute Gasteiger partial charge is 0.132 e. The summed E-state index contributed by atoms with van der Waals surface area (Å²) in [6.45, 7) is 3.91. The first-order valence-corrected chi connectivity index (χ1v) is 7.18. The van der Waals surface area contributed by atoms with Gasteiger partial charge < -0.3 is 5.11 Å². The van der Waals surface area contributed by atoms with E-state index < -0.39 is 17.2 Å².